The van der Waals surface area contributed by atoms with Gasteiger partial charge in [-0.2, -0.15) is 5.10 Å². The molecular formula is C17H24N6O. The smallest absolute Gasteiger partial charge is 0.220 e. The van der Waals surface area contributed by atoms with Crippen molar-refractivity contribution in [1.29, 1.82) is 0 Å². The first-order chi connectivity index (χ1) is 11.7. The van der Waals surface area contributed by atoms with E-state index in [0.717, 1.165) is 5.69 Å². The van der Waals surface area contributed by atoms with Gasteiger partial charge in [-0.1, -0.05) is 12.8 Å². The second-order valence-corrected chi connectivity index (χ2v) is 6.31. The maximum Gasteiger partial charge on any atom is 0.220 e. The highest BCUT2D eigenvalue weighted by atomic mass is 16.1. The Hall–Kier alpha value is -2.44. The maximum absolute atomic E-state index is 11.8. The predicted molar refractivity (Wildman–Crippen MR) is 92.0 cm³/mol. The topological polar surface area (TPSA) is 84.7 Å². The average molecular weight is 328 g/mol. The molecule has 2 aromatic rings. The molecule has 0 bridgehead atoms. The maximum atomic E-state index is 11.8. The van der Waals surface area contributed by atoms with Crippen LogP contribution in [-0.2, 0) is 4.79 Å². The van der Waals surface area contributed by atoms with E-state index >= 15 is 0 Å². The molecule has 2 aromatic heterocycles. The van der Waals surface area contributed by atoms with Crippen LogP contribution in [0.2, 0.25) is 0 Å². The lowest BCUT2D eigenvalue weighted by atomic mass is 10.0. The molecule has 0 unspecified atom stereocenters. The second-order valence-electron chi connectivity index (χ2n) is 6.31. The van der Waals surface area contributed by atoms with Gasteiger partial charge < -0.3 is 10.6 Å². The lowest BCUT2D eigenvalue weighted by molar-refractivity contribution is -0.121. The molecule has 0 aliphatic heterocycles. The van der Waals surface area contributed by atoms with E-state index in [1.807, 2.05) is 31.3 Å². The molecule has 1 saturated carbocycles. The van der Waals surface area contributed by atoms with Crippen molar-refractivity contribution in [2.45, 2.75) is 39.0 Å². The van der Waals surface area contributed by atoms with E-state index in [1.165, 1.54) is 25.7 Å². The van der Waals surface area contributed by atoms with Gasteiger partial charge in [0.25, 0.3) is 0 Å². The number of carbonyl (C=O) groups excluding carboxylic acids is 1. The Labute approximate surface area is 141 Å². The quantitative estimate of drug-likeness (QED) is 0.760. The first-order valence-corrected chi connectivity index (χ1v) is 8.57. The van der Waals surface area contributed by atoms with Gasteiger partial charge in [0, 0.05) is 25.7 Å². The molecule has 3 rings (SSSR count). The molecule has 0 saturated heterocycles. The molecule has 0 spiro atoms. The minimum Gasteiger partial charge on any atom is -0.367 e. The third kappa shape index (κ3) is 4.53. The second kappa shape index (κ2) is 7.90. The molecule has 128 valence electrons. The number of carbonyl (C=O) groups is 1. The third-order valence-corrected chi connectivity index (χ3v) is 4.31. The van der Waals surface area contributed by atoms with E-state index in [2.05, 4.69) is 25.9 Å². The van der Waals surface area contributed by atoms with Crippen LogP contribution < -0.4 is 10.6 Å². The number of aryl methyl sites for hydroxylation is 1. The molecule has 1 fully saturated rings. The first kappa shape index (κ1) is 16.4. The van der Waals surface area contributed by atoms with Gasteiger partial charge in [-0.15, -0.1) is 10.2 Å². The van der Waals surface area contributed by atoms with Crippen molar-refractivity contribution in [2.24, 2.45) is 5.92 Å². The zero-order valence-electron chi connectivity index (χ0n) is 14.0. The molecular weight excluding hydrogens is 304 g/mol. The van der Waals surface area contributed by atoms with E-state index < -0.39 is 0 Å². The Morgan fingerprint density at radius 1 is 1.21 bits per heavy atom. The highest BCUT2D eigenvalue weighted by molar-refractivity contribution is 5.76. The van der Waals surface area contributed by atoms with E-state index in [4.69, 9.17) is 0 Å². The van der Waals surface area contributed by atoms with Gasteiger partial charge in [0.05, 0.1) is 5.69 Å². The van der Waals surface area contributed by atoms with Crippen molar-refractivity contribution in [2.75, 3.05) is 18.4 Å². The van der Waals surface area contributed by atoms with E-state index in [1.54, 1.807) is 4.68 Å². The average Bonchev–Trinajstić information content (AvgIpc) is 3.24. The molecule has 1 amide bonds. The first-order valence-electron chi connectivity index (χ1n) is 8.57. The van der Waals surface area contributed by atoms with Crippen molar-refractivity contribution in [3.63, 3.8) is 0 Å². The van der Waals surface area contributed by atoms with Crippen molar-refractivity contribution >= 4 is 11.7 Å². The number of amides is 1. The summed E-state index contributed by atoms with van der Waals surface area (Å²) in [7, 11) is 0. The van der Waals surface area contributed by atoms with Crippen molar-refractivity contribution < 1.29 is 4.79 Å². The minimum atomic E-state index is 0.152. The molecule has 7 nitrogen and oxygen atoms in total. The summed E-state index contributed by atoms with van der Waals surface area (Å²) in [5.74, 6) is 2.10. The monoisotopic (exact) mass is 328 g/mol. The summed E-state index contributed by atoms with van der Waals surface area (Å²) in [4.78, 5) is 11.8. The lowest BCUT2D eigenvalue weighted by Gasteiger charge is -2.10. The van der Waals surface area contributed by atoms with Gasteiger partial charge in [-0.25, -0.2) is 4.68 Å². The normalized spacial score (nSPS) is 14.7. The Bertz CT molecular complexity index is 660. The molecule has 1 aliphatic carbocycles. The van der Waals surface area contributed by atoms with Gasteiger partial charge in [-0.3, -0.25) is 4.79 Å². The minimum absolute atomic E-state index is 0.152. The van der Waals surface area contributed by atoms with Crippen LogP contribution >= 0.6 is 0 Å². The zero-order chi connectivity index (χ0) is 16.8. The standard InChI is InChI=1S/C17H24N6O/c1-13-8-11-23(22-13)16-7-6-15(20-21-16)18-9-10-19-17(24)12-14-4-2-3-5-14/h6-8,11,14H,2-5,9-10,12H2,1H3,(H,18,20)(H,19,24). The van der Waals surface area contributed by atoms with Gasteiger partial charge in [-0.05, 0) is 43.9 Å². The highest BCUT2D eigenvalue weighted by Gasteiger charge is 2.17. The zero-order valence-corrected chi connectivity index (χ0v) is 14.0. The van der Waals surface area contributed by atoms with Gasteiger partial charge >= 0.3 is 0 Å². The van der Waals surface area contributed by atoms with Gasteiger partial charge in [0.2, 0.25) is 5.91 Å². The van der Waals surface area contributed by atoms with Crippen molar-refractivity contribution in [3.05, 3.63) is 30.1 Å². The molecule has 7 heteroatoms. The predicted octanol–water partition coefficient (Wildman–Crippen LogP) is 2.08. The van der Waals surface area contributed by atoms with Crippen LogP contribution in [0, 0.1) is 12.8 Å². The largest absolute Gasteiger partial charge is 0.367 e. The van der Waals surface area contributed by atoms with Crippen LogP contribution in [0.5, 0.6) is 0 Å². The van der Waals surface area contributed by atoms with E-state index in [0.29, 0.717) is 37.1 Å². The number of anilines is 1. The Balaban J connectivity index is 1.38. The van der Waals surface area contributed by atoms with Gasteiger partial charge in [0.15, 0.2) is 5.82 Å². The van der Waals surface area contributed by atoms with E-state index in [9.17, 15) is 4.79 Å². The Kier molecular flexibility index (Phi) is 5.40. The summed E-state index contributed by atoms with van der Waals surface area (Å²) in [6.45, 7) is 3.15. The van der Waals surface area contributed by atoms with Crippen molar-refractivity contribution in [1.82, 2.24) is 25.3 Å². The van der Waals surface area contributed by atoms with Gasteiger partial charge in [0.1, 0.15) is 5.82 Å². The summed E-state index contributed by atoms with van der Waals surface area (Å²) < 4.78 is 1.69. The number of hydrogen-bond donors (Lipinski definition) is 2. The lowest BCUT2D eigenvalue weighted by Crippen LogP contribution is -2.30. The van der Waals surface area contributed by atoms with Crippen LogP contribution in [-0.4, -0.2) is 39.0 Å². The van der Waals surface area contributed by atoms with Crippen LogP contribution in [0.1, 0.15) is 37.8 Å². The third-order valence-electron chi connectivity index (χ3n) is 4.31. The molecule has 2 heterocycles. The van der Waals surface area contributed by atoms with Crippen molar-refractivity contribution in [3.8, 4) is 5.82 Å². The fourth-order valence-electron chi connectivity index (χ4n) is 3.03. The number of nitrogens with one attached hydrogen (secondary N) is 2. The Morgan fingerprint density at radius 2 is 2.04 bits per heavy atom. The summed E-state index contributed by atoms with van der Waals surface area (Å²) in [5.41, 5.74) is 0.937. The Morgan fingerprint density at radius 3 is 2.71 bits per heavy atom. The number of rotatable bonds is 7. The molecule has 24 heavy (non-hydrogen) atoms. The summed E-state index contributed by atoms with van der Waals surface area (Å²) in [6.07, 6.45) is 7.45. The fourth-order valence-corrected chi connectivity index (χ4v) is 3.03. The molecule has 0 atom stereocenters. The fraction of sp³-hybridized carbons (Fsp3) is 0.529. The summed E-state index contributed by atoms with van der Waals surface area (Å²) in [5, 5.41) is 18.7. The molecule has 0 radical (unpaired) electrons. The van der Waals surface area contributed by atoms with E-state index in [-0.39, 0.29) is 5.91 Å². The number of aromatic nitrogens is 4. The summed E-state index contributed by atoms with van der Waals surface area (Å²) in [6, 6.07) is 5.64. The van der Waals surface area contributed by atoms with Crippen LogP contribution in [0.25, 0.3) is 5.82 Å². The van der Waals surface area contributed by atoms with Crippen LogP contribution in [0.3, 0.4) is 0 Å². The SMILES string of the molecule is Cc1ccn(-c2ccc(NCCNC(=O)CC3CCCC3)nn2)n1. The molecule has 0 aromatic carbocycles. The van der Waals surface area contributed by atoms with Crippen LogP contribution in [0.4, 0.5) is 5.82 Å². The number of nitrogens with zero attached hydrogens (tertiary/aromatic N) is 4. The summed E-state index contributed by atoms with van der Waals surface area (Å²) >= 11 is 0. The molecule has 1 aliphatic rings. The molecule has 2 N–H and O–H groups in total. The highest BCUT2D eigenvalue weighted by Crippen LogP contribution is 2.27. The van der Waals surface area contributed by atoms with Crippen LogP contribution in [0.15, 0.2) is 24.4 Å². The number of hydrogen-bond acceptors (Lipinski definition) is 5.